The summed E-state index contributed by atoms with van der Waals surface area (Å²) in [5, 5.41) is 2.74. The number of amides is 1. The van der Waals surface area contributed by atoms with Gasteiger partial charge >= 0.3 is 5.97 Å². The van der Waals surface area contributed by atoms with Crippen molar-refractivity contribution in [2.24, 2.45) is 0 Å². The van der Waals surface area contributed by atoms with E-state index < -0.39 is 0 Å². The second-order valence-corrected chi connectivity index (χ2v) is 5.67. The average molecular weight is 353 g/mol. The first kappa shape index (κ1) is 19.2. The summed E-state index contributed by atoms with van der Waals surface area (Å²) in [4.78, 5) is 24.0. The molecule has 0 saturated heterocycles. The molecule has 0 unspecified atom stereocenters. The van der Waals surface area contributed by atoms with Gasteiger partial charge in [0.15, 0.2) is 0 Å². The molecule has 0 aliphatic heterocycles. The number of anilines is 1. The van der Waals surface area contributed by atoms with Gasteiger partial charge in [0.05, 0.1) is 19.3 Å². The van der Waals surface area contributed by atoms with Gasteiger partial charge in [0.25, 0.3) is 0 Å². The van der Waals surface area contributed by atoms with Crippen LogP contribution in [0.5, 0.6) is 5.75 Å². The highest BCUT2D eigenvalue weighted by Gasteiger charge is 2.08. The zero-order valence-corrected chi connectivity index (χ0v) is 15.0. The summed E-state index contributed by atoms with van der Waals surface area (Å²) >= 11 is 0. The summed E-state index contributed by atoms with van der Waals surface area (Å²) in [5.74, 6) is 0.0925. The highest BCUT2D eigenvalue weighted by Crippen LogP contribution is 2.14. The fourth-order valence-electron chi connectivity index (χ4n) is 2.19. The fraction of sp³-hybridized carbons (Fsp3) is 0.238. The van der Waals surface area contributed by atoms with Crippen molar-refractivity contribution >= 4 is 23.6 Å². The monoisotopic (exact) mass is 353 g/mol. The van der Waals surface area contributed by atoms with Gasteiger partial charge in [-0.2, -0.15) is 0 Å². The third-order valence-corrected chi connectivity index (χ3v) is 3.64. The van der Waals surface area contributed by atoms with Crippen molar-refractivity contribution in [3.63, 3.8) is 0 Å². The first-order chi connectivity index (χ1) is 12.6. The summed E-state index contributed by atoms with van der Waals surface area (Å²) in [6, 6.07) is 14.1. The van der Waals surface area contributed by atoms with Crippen LogP contribution >= 0.6 is 0 Å². The number of carbonyl (C=O) groups excluding carboxylic acids is 2. The van der Waals surface area contributed by atoms with Crippen LogP contribution in [0.1, 0.15) is 35.7 Å². The quantitative estimate of drug-likeness (QED) is 0.436. The molecule has 26 heavy (non-hydrogen) atoms. The van der Waals surface area contributed by atoms with Gasteiger partial charge in [0, 0.05) is 11.8 Å². The van der Waals surface area contributed by atoms with Crippen molar-refractivity contribution in [1.29, 1.82) is 0 Å². The van der Waals surface area contributed by atoms with Gasteiger partial charge in [0.1, 0.15) is 5.75 Å². The Balaban J connectivity index is 1.94. The van der Waals surface area contributed by atoms with E-state index in [1.165, 1.54) is 6.08 Å². The number of hydrogen-bond donors (Lipinski definition) is 1. The Morgan fingerprint density at radius 3 is 2.58 bits per heavy atom. The van der Waals surface area contributed by atoms with Crippen LogP contribution in [0.25, 0.3) is 6.08 Å². The Bertz CT molecular complexity index is 766. The van der Waals surface area contributed by atoms with Crippen LogP contribution in [0.2, 0.25) is 0 Å². The molecule has 0 radical (unpaired) electrons. The number of benzene rings is 2. The Hall–Kier alpha value is -3.08. The zero-order chi connectivity index (χ0) is 18.8. The smallest absolute Gasteiger partial charge is 0.338 e. The second kappa shape index (κ2) is 10.0. The van der Waals surface area contributed by atoms with Crippen molar-refractivity contribution in [3.05, 3.63) is 65.7 Å². The van der Waals surface area contributed by atoms with Gasteiger partial charge in [-0.3, -0.25) is 4.79 Å². The molecule has 0 saturated carbocycles. The predicted octanol–water partition coefficient (Wildman–Crippen LogP) is 4.30. The van der Waals surface area contributed by atoms with E-state index in [1.807, 2.05) is 31.2 Å². The molecule has 0 fully saturated rings. The minimum Gasteiger partial charge on any atom is -0.497 e. The van der Waals surface area contributed by atoms with Crippen LogP contribution in [-0.2, 0) is 9.53 Å². The molecule has 0 spiro atoms. The van der Waals surface area contributed by atoms with Crippen LogP contribution in [0.15, 0.2) is 54.6 Å². The van der Waals surface area contributed by atoms with Crippen LogP contribution in [0.3, 0.4) is 0 Å². The molecule has 2 rings (SSSR count). The lowest BCUT2D eigenvalue weighted by atomic mass is 10.2. The van der Waals surface area contributed by atoms with E-state index in [1.54, 1.807) is 37.5 Å². The molecule has 136 valence electrons. The normalized spacial score (nSPS) is 10.5. The van der Waals surface area contributed by atoms with E-state index in [2.05, 4.69) is 5.32 Å². The first-order valence-corrected chi connectivity index (χ1v) is 8.52. The van der Waals surface area contributed by atoms with E-state index in [4.69, 9.17) is 9.47 Å². The molecule has 1 amide bonds. The van der Waals surface area contributed by atoms with Gasteiger partial charge in [0.2, 0.25) is 5.91 Å². The Kier molecular flexibility index (Phi) is 7.43. The van der Waals surface area contributed by atoms with Crippen molar-refractivity contribution in [2.45, 2.75) is 19.8 Å². The van der Waals surface area contributed by atoms with Crippen molar-refractivity contribution in [2.75, 3.05) is 19.0 Å². The van der Waals surface area contributed by atoms with E-state index in [9.17, 15) is 9.59 Å². The summed E-state index contributed by atoms with van der Waals surface area (Å²) in [7, 11) is 1.60. The minimum absolute atomic E-state index is 0.280. The molecule has 0 heterocycles. The van der Waals surface area contributed by atoms with E-state index in [0.717, 1.165) is 24.2 Å². The van der Waals surface area contributed by atoms with Crippen LogP contribution in [0.4, 0.5) is 5.69 Å². The van der Waals surface area contributed by atoms with E-state index in [-0.39, 0.29) is 11.9 Å². The number of ether oxygens (including phenoxy) is 2. The molecule has 1 N–H and O–H groups in total. The molecule has 0 aliphatic rings. The molecule has 5 heteroatoms. The van der Waals surface area contributed by atoms with E-state index in [0.29, 0.717) is 17.9 Å². The largest absolute Gasteiger partial charge is 0.497 e. The summed E-state index contributed by atoms with van der Waals surface area (Å²) in [6.45, 7) is 2.43. The summed E-state index contributed by atoms with van der Waals surface area (Å²) in [6.07, 6.45) is 4.94. The third-order valence-electron chi connectivity index (χ3n) is 3.64. The van der Waals surface area contributed by atoms with Crippen LogP contribution < -0.4 is 10.1 Å². The molecule has 0 bridgehead atoms. The minimum atomic E-state index is -0.386. The average Bonchev–Trinajstić information content (AvgIpc) is 2.67. The Morgan fingerprint density at radius 2 is 1.88 bits per heavy atom. The molecule has 2 aromatic carbocycles. The van der Waals surface area contributed by atoms with Gasteiger partial charge in [-0.15, -0.1) is 0 Å². The number of unbranched alkanes of at least 4 members (excludes halogenated alkanes) is 1. The summed E-state index contributed by atoms with van der Waals surface area (Å²) in [5.41, 5.74) is 1.84. The van der Waals surface area contributed by atoms with Gasteiger partial charge in [-0.25, -0.2) is 4.79 Å². The van der Waals surface area contributed by atoms with Gasteiger partial charge in [-0.1, -0.05) is 31.5 Å². The lowest BCUT2D eigenvalue weighted by molar-refractivity contribution is -0.111. The maximum Gasteiger partial charge on any atom is 0.338 e. The summed E-state index contributed by atoms with van der Waals surface area (Å²) < 4.78 is 10.3. The number of rotatable bonds is 8. The van der Waals surface area contributed by atoms with Crippen molar-refractivity contribution in [3.8, 4) is 5.75 Å². The maximum absolute atomic E-state index is 12.1. The number of nitrogens with one attached hydrogen (secondary N) is 1. The lowest BCUT2D eigenvalue weighted by Gasteiger charge is -2.06. The first-order valence-electron chi connectivity index (χ1n) is 8.52. The van der Waals surface area contributed by atoms with Crippen molar-refractivity contribution < 1.29 is 19.1 Å². The van der Waals surface area contributed by atoms with Crippen molar-refractivity contribution in [1.82, 2.24) is 0 Å². The molecular weight excluding hydrogens is 330 g/mol. The third kappa shape index (κ3) is 6.09. The SMILES string of the molecule is CCCCOC(=O)c1cccc(NC(=O)/C=C/c2ccc(OC)cc2)c1. The zero-order valence-electron chi connectivity index (χ0n) is 15.0. The maximum atomic E-state index is 12.1. The van der Waals surface area contributed by atoms with E-state index >= 15 is 0 Å². The Morgan fingerprint density at radius 1 is 1.12 bits per heavy atom. The number of carbonyl (C=O) groups is 2. The standard InChI is InChI=1S/C21H23NO4/c1-3-4-14-26-21(24)17-6-5-7-18(15-17)22-20(23)13-10-16-8-11-19(25-2)12-9-16/h5-13,15H,3-4,14H2,1-2H3,(H,22,23)/b13-10+. The van der Waals surface area contributed by atoms with Crippen LogP contribution in [0, 0.1) is 0 Å². The van der Waals surface area contributed by atoms with Gasteiger partial charge in [-0.05, 0) is 48.4 Å². The molecule has 0 aromatic heterocycles. The molecule has 0 aliphatic carbocycles. The second-order valence-electron chi connectivity index (χ2n) is 5.67. The number of methoxy groups -OCH3 is 1. The molecular formula is C21H23NO4. The number of esters is 1. The van der Waals surface area contributed by atoms with Crippen LogP contribution in [-0.4, -0.2) is 25.6 Å². The highest BCUT2D eigenvalue weighted by molar-refractivity contribution is 6.02. The Labute approximate surface area is 153 Å². The fourth-order valence-corrected chi connectivity index (χ4v) is 2.19. The number of hydrogen-bond acceptors (Lipinski definition) is 4. The molecule has 0 atom stereocenters. The molecule has 2 aromatic rings. The topological polar surface area (TPSA) is 64.6 Å². The molecule has 5 nitrogen and oxygen atoms in total. The van der Waals surface area contributed by atoms with Gasteiger partial charge < -0.3 is 14.8 Å². The lowest BCUT2D eigenvalue weighted by Crippen LogP contribution is -2.10. The highest BCUT2D eigenvalue weighted by atomic mass is 16.5. The predicted molar refractivity (Wildman–Crippen MR) is 102 cm³/mol.